The van der Waals surface area contributed by atoms with Crippen LogP contribution in [0.25, 0.3) is 0 Å². The average Bonchev–Trinajstić information content (AvgIpc) is 3.07. The maximum Gasteiger partial charge on any atom is 0.191 e. The van der Waals surface area contributed by atoms with E-state index in [0.29, 0.717) is 17.9 Å². The first kappa shape index (κ1) is 18.4. The highest BCUT2D eigenvalue weighted by Gasteiger charge is 2.23. The monoisotopic (exact) mass is 332 g/mol. The van der Waals surface area contributed by atoms with Crippen molar-refractivity contribution in [2.75, 3.05) is 38.7 Å². The number of rotatable bonds is 6. The molecule has 0 radical (unpaired) electrons. The highest BCUT2D eigenvalue weighted by Crippen LogP contribution is 2.26. The summed E-state index contributed by atoms with van der Waals surface area (Å²) in [6.07, 6.45) is 1.20. The SMILES string of the molecule is CN=C(NCC1CCN(c2cccc(OC)c2)C1)NC(C)C(C)C. The lowest BCUT2D eigenvalue weighted by molar-refractivity contribution is 0.415. The van der Waals surface area contributed by atoms with Crippen molar-refractivity contribution >= 4 is 11.6 Å². The summed E-state index contributed by atoms with van der Waals surface area (Å²) in [5, 5.41) is 6.94. The van der Waals surface area contributed by atoms with E-state index in [1.54, 1.807) is 7.11 Å². The van der Waals surface area contributed by atoms with Gasteiger partial charge in [0.05, 0.1) is 7.11 Å². The Morgan fingerprint density at radius 2 is 2.17 bits per heavy atom. The molecule has 134 valence electrons. The Morgan fingerprint density at radius 1 is 1.38 bits per heavy atom. The van der Waals surface area contributed by atoms with Gasteiger partial charge in [0.2, 0.25) is 0 Å². The second-order valence-electron chi connectivity index (χ2n) is 6.93. The zero-order valence-corrected chi connectivity index (χ0v) is 15.7. The van der Waals surface area contributed by atoms with Gasteiger partial charge in [-0.2, -0.15) is 0 Å². The quantitative estimate of drug-likeness (QED) is 0.621. The van der Waals surface area contributed by atoms with Crippen LogP contribution in [0.4, 0.5) is 5.69 Å². The first-order valence-electron chi connectivity index (χ1n) is 8.89. The second kappa shape index (κ2) is 8.81. The molecule has 2 rings (SSSR count). The van der Waals surface area contributed by atoms with E-state index in [2.05, 4.69) is 59.5 Å². The van der Waals surface area contributed by atoms with Crippen LogP contribution in [-0.4, -0.2) is 45.8 Å². The van der Waals surface area contributed by atoms with E-state index < -0.39 is 0 Å². The van der Waals surface area contributed by atoms with Gasteiger partial charge in [0, 0.05) is 44.5 Å². The Kier molecular flexibility index (Phi) is 6.76. The Morgan fingerprint density at radius 3 is 2.83 bits per heavy atom. The van der Waals surface area contributed by atoms with E-state index in [4.69, 9.17) is 4.74 Å². The topological polar surface area (TPSA) is 48.9 Å². The van der Waals surface area contributed by atoms with Gasteiger partial charge < -0.3 is 20.3 Å². The fourth-order valence-electron chi connectivity index (χ4n) is 2.86. The molecule has 0 bridgehead atoms. The Bertz CT molecular complexity index is 544. The Balaban J connectivity index is 1.83. The molecule has 0 saturated carbocycles. The first-order chi connectivity index (χ1) is 11.5. The van der Waals surface area contributed by atoms with Crippen LogP contribution in [-0.2, 0) is 0 Å². The first-order valence-corrected chi connectivity index (χ1v) is 8.89. The van der Waals surface area contributed by atoms with Crippen LogP contribution < -0.4 is 20.3 Å². The lowest BCUT2D eigenvalue weighted by Crippen LogP contribution is -2.45. The lowest BCUT2D eigenvalue weighted by Gasteiger charge is -2.22. The molecule has 0 amide bonds. The van der Waals surface area contributed by atoms with E-state index in [1.807, 2.05) is 13.1 Å². The van der Waals surface area contributed by atoms with E-state index >= 15 is 0 Å². The van der Waals surface area contributed by atoms with Crippen LogP contribution in [0.5, 0.6) is 5.75 Å². The van der Waals surface area contributed by atoms with Crippen molar-refractivity contribution in [1.82, 2.24) is 10.6 Å². The third-order valence-corrected chi connectivity index (χ3v) is 4.85. The number of methoxy groups -OCH3 is 1. The maximum atomic E-state index is 5.33. The van der Waals surface area contributed by atoms with Gasteiger partial charge in [-0.05, 0) is 37.3 Å². The minimum atomic E-state index is 0.410. The summed E-state index contributed by atoms with van der Waals surface area (Å²) in [6.45, 7) is 9.73. The average molecular weight is 332 g/mol. The number of nitrogens with zero attached hydrogens (tertiary/aromatic N) is 2. The molecule has 2 atom stereocenters. The van der Waals surface area contributed by atoms with Crippen LogP contribution in [0.15, 0.2) is 29.3 Å². The van der Waals surface area contributed by atoms with Gasteiger partial charge >= 0.3 is 0 Å². The zero-order valence-electron chi connectivity index (χ0n) is 15.7. The number of guanidine groups is 1. The molecule has 1 fully saturated rings. The number of nitrogens with one attached hydrogen (secondary N) is 2. The van der Waals surface area contributed by atoms with Crippen molar-refractivity contribution < 1.29 is 4.74 Å². The van der Waals surface area contributed by atoms with Crippen molar-refractivity contribution in [3.8, 4) is 5.75 Å². The van der Waals surface area contributed by atoms with Crippen molar-refractivity contribution in [2.24, 2.45) is 16.8 Å². The molecule has 1 saturated heterocycles. The minimum Gasteiger partial charge on any atom is -0.497 e. The van der Waals surface area contributed by atoms with Gasteiger partial charge in [-0.3, -0.25) is 4.99 Å². The van der Waals surface area contributed by atoms with Gasteiger partial charge in [0.1, 0.15) is 5.75 Å². The highest BCUT2D eigenvalue weighted by molar-refractivity contribution is 5.79. The Labute approximate surface area is 146 Å². The Hall–Kier alpha value is -1.91. The second-order valence-corrected chi connectivity index (χ2v) is 6.93. The third kappa shape index (κ3) is 5.05. The molecule has 2 N–H and O–H groups in total. The van der Waals surface area contributed by atoms with Crippen LogP contribution >= 0.6 is 0 Å². The fourth-order valence-corrected chi connectivity index (χ4v) is 2.86. The summed E-state index contributed by atoms with van der Waals surface area (Å²) in [7, 11) is 3.55. The third-order valence-electron chi connectivity index (χ3n) is 4.85. The molecule has 1 heterocycles. The lowest BCUT2D eigenvalue weighted by atomic mass is 10.1. The highest BCUT2D eigenvalue weighted by atomic mass is 16.5. The molecule has 0 aliphatic carbocycles. The van der Waals surface area contributed by atoms with Crippen LogP contribution in [0.1, 0.15) is 27.2 Å². The number of aliphatic imine (C=N–C) groups is 1. The van der Waals surface area contributed by atoms with Gasteiger partial charge in [-0.15, -0.1) is 0 Å². The van der Waals surface area contributed by atoms with E-state index in [1.165, 1.54) is 12.1 Å². The molecular weight excluding hydrogens is 300 g/mol. The summed E-state index contributed by atoms with van der Waals surface area (Å²) in [5.74, 6) is 3.03. The van der Waals surface area contributed by atoms with Gasteiger partial charge in [0.15, 0.2) is 5.96 Å². The van der Waals surface area contributed by atoms with E-state index in [-0.39, 0.29) is 0 Å². The molecule has 1 aliphatic rings. The van der Waals surface area contributed by atoms with Gasteiger partial charge in [-0.25, -0.2) is 0 Å². The van der Waals surface area contributed by atoms with Crippen LogP contribution in [0.2, 0.25) is 0 Å². The molecule has 0 aromatic heterocycles. The number of hydrogen-bond donors (Lipinski definition) is 2. The van der Waals surface area contributed by atoms with Gasteiger partial charge in [-0.1, -0.05) is 19.9 Å². The molecule has 0 spiro atoms. The van der Waals surface area contributed by atoms with Crippen molar-refractivity contribution in [3.63, 3.8) is 0 Å². The van der Waals surface area contributed by atoms with E-state index in [9.17, 15) is 0 Å². The molecule has 2 unspecified atom stereocenters. The van der Waals surface area contributed by atoms with Crippen molar-refractivity contribution in [2.45, 2.75) is 33.2 Å². The summed E-state index contributed by atoms with van der Waals surface area (Å²) >= 11 is 0. The maximum absolute atomic E-state index is 5.33. The van der Waals surface area contributed by atoms with Gasteiger partial charge in [0.25, 0.3) is 0 Å². The van der Waals surface area contributed by atoms with Crippen LogP contribution in [0, 0.1) is 11.8 Å². The zero-order chi connectivity index (χ0) is 17.5. The van der Waals surface area contributed by atoms with Crippen molar-refractivity contribution in [3.05, 3.63) is 24.3 Å². The summed E-state index contributed by atoms with van der Waals surface area (Å²) < 4.78 is 5.33. The summed E-state index contributed by atoms with van der Waals surface area (Å²) in [6, 6.07) is 8.72. The number of benzene rings is 1. The molecule has 5 nitrogen and oxygen atoms in total. The summed E-state index contributed by atoms with van der Waals surface area (Å²) in [5.41, 5.74) is 1.24. The normalized spacial score (nSPS) is 19.5. The molecule has 5 heteroatoms. The van der Waals surface area contributed by atoms with E-state index in [0.717, 1.165) is 31.3 Å². The molecule has 1 aliphatic heterocycles. The largest absolute Gasteiger partial charge is 0.497 e. The van der Waals surface area contributed by atoms with Crippen LogP contribution in [0.3, 0.4) is 0 Å². The molecule has 1 aromatic rings. The number of ether oxygens (including phenoxy) is 1. The fraction of sp³-hybridized carbons (Fsp3) is 0.632. The number of anilines is 1. The standard InChI is InChI=1S/C19H32N4O/c1-14(2)15(3)22-19(20-4)21-12-16-9-10-23(13-16)17-7-6-8-18(11-17)24-5/h6-8,11,14-16H,9-10,12-13H2,1-5H3,(H2,20,21,22). The summed E-state index contributed by atoms with van der Waals surface area (Å²) in [4.78, 5) is 6.77. The predicted octanol–water partition coefficient (Wildman–Crippen LogP) is 2.73. The number of hydrogen-bond acceptors (Lipinski definition) is 3. The minimum absolute atomic E-state index is 0.410. The molecule has 24 heavy (non-hydrogen) atoms. The smallest absolute Gasteiger partial charge is 0.191 e. The molecular formula is C19H32N4O. The predicted molar refractivity (Wildman–Crippen MR) is 102 cm³/mol. The molecule has 1 aromatic carbocycles. The van der Waals surface area contributed by atoms with Crippen molar-refractivity contribution in [1.29, 1.82) is 0 Å².